The molecular formula is C21H32N7P. The molecule has 0 saturated heterocycles. The average molecular weight is 414 g/mol. The van der Waals surface area contributed by atoms with Crippen molar-refractivity contribution in [1.82, 2.24) is 24.5 Å². The minimum Gasteiger partial charge on any atom is -0.370 e. The second kappa shape index (κ2) is 11.1. The van der Waals surface area contributed by atoms with Crippen LogP contribution in [0.2, 0.25) is 0 Å². The number of aromatic nitrogens is 4. The Morgan fingerprint density at radius 3 is 2.79 bits per heavy atom. The van der Waals surface area contributed by atoms with Crippen LogP contribution in [0.3, 0.4) is 0 Å². The molecule has 1 atom stereocenters. The summed E-state index contributed by atoms with van der Waals surface area (Å²) in [5.74, 6) is 1.83. The molecule has 3 heterocycles. The Balaban J connectivity index is 1.67. The largest absolute Gasteiger partial charge is 0.370 e. The summed E-state index contributed by atoms with van der Waals surface area (Å²) < 4.78 is 1.89. The van der Waals surface area contributed by atoms with Crippen LogP contribution in [-0.2, 0) is 6.54 Å². The quantitative estimate of drug-likeness (QED) is 0.351. The van der Waals surface area contributed by atoms with Crippen molar-refractivity contribution in [2.45, 2.75) is 32.7 Å². The zero-order valence-corrected chi connectivity index (χ0v) is 18.6. The number of hydrogen-bond donors (Lipinski definition) is 2. The van der Waals surface area contributed by atoms with Crippen molar-refractivity contribution in [3.63, 3.8) is 0 Å². The first kappa shape index (κ1) is 21.5. The van der Waals surface area contributed by atoms with Crippen molar-refractivity contribution in [1.29, 1.82) is 0 Å². The SMILES string of the molecule is CCCCN(C)CCCNc1cc(NCc2cccnc2)n2ncc(PC)c2n1. The molecule has 1 unspecified atom stereocenters. The van der Waals surface area contributed by atoms with Gasteiger partial charge in [-0.25, -0.2) is 4.98 Å². The van der Waals surface area contributed by atoms with Gasteiger partial charge in [-0.15, -0.1) is 0 Å². The Bertz CT molecular complexity index is 881. The van der Waals surface area contributed by atoms with Gasteiger partial charge in [0.25, 0.3) is 0 Å². The number of pyridine rings is 1. The number of anilines is 2. The molecule has 7 nitrogen and oxygen atoms in total. The van der Waals surface area contributed by atoms with Gasteiger partial charge in [-0.1, -0.05) is 28.0 Å². The Labute approximate surface area is 175 Å². The molecule has 0 fully saturated rings. The molecule has 0 bridgehead atoms. The van der Waals surface area contributed by atoms with Crippen LogP contribution in [0.15, 0.2) is 36.8 Å². The van der Waals surface area contributed by atoms with Gasteiger partial charge in [0, 0.05) is 36.9 Å². The lowest BCUT2D eigenvalue weighted by Gasteiger charge is -2.16. The van der Waals surface area contributed by atoms with Crippen molar-refractivity contribution in [3.8, 4) is 0 Å². The number of nitrogens with one attached hydrogen (secondary N) is 2. The van der Waals surface area contributed by atoms with E-state index >= 15 is 0 Å². The van der Waals surface area contributed by atoms with Crippen LogP contribution < -0.4 is 15.9 Å². The van der Waals surface area contributed by atoms with Crippen LogP contribution >= 0.6 is 8.58 Å². The first-order valence-corrected chi connectivity index (χ1v) is 11.8. The van der Waals surface area contributed by atoms with E-state index in [1.807, 2.05) is 29.0 Å². The lowest BCUT2D eigenvalue weighted by molar-refractivity contribution is 0.327. The summed E-state index contributed by atoms with van der Waals surface area (Å²) in [7, 11) is 2.85. The van der Waals surface area contributed by atoms with E-state index in [2.05, 4.69) is 52.3 Å². The summed E-state index contributed by atoms with van der Waals surface area (Å²) in [4.78, 5) is 11.4. The Kier molecular flexibility index (Phi) is 8.20. The predicted octanol–water partition coefficient (Wildman–Crippen LogP) is 3.20. The number of nitrogens with zero attached hydrogens (tertiary/aromatic N) is 5. The van der Waals surface area contributed by atoms with Gasteiger partial charge >= 0.3 is 0 Å². The molecule has 0 aliphatic heterocycles. The van der Waals surface area contributed by atoms with Crippen molar-refractivity contribution >= 4 is 31.2 Å². The van der Waals surface area contributed by atoms with E-state index in [1.165, 1.54) is 24.7 Å². The third kappa shape index (κ3) is 6.12. The lowest BCUT2D eigenvalue weighted by Crippen LogP contribution is -2.22. The average Bonchev–Trinajstić information content (AvgIpc) is 3.17. The van der Waals surface area contributed by atoms with E-state index in [1.54, 1.807) is 6.20 Å². The number of fused-ring (bicyclic) bond motifs is 1. The molecular weight excluding hydrogens is 381 g/mol. The van der Waals surface area contributed by atoms with Crippen molar-refractivity contribution in [2.75, 3.05) is 44.0 Å². The Morgan fingerprint density at radius 1 is 1.17 bits per heavy atom. The molecule has 0 amide bonds. The smallest absolute Gasteiger partial charge is 0.167 e. The summed E-state index contributed by atoms with van der Waals surface area (Å²) in [5, 5.41) is 12.7. The minimum atomic E-state index is 0.656. The second-order valence-corrected chi connectivity index (χ2v) is 8.26. The second-order valence-electron chi connectivity index (χ2n) is 7.22. The van der Waals surface area contributed by atoms with E-state index < -0.39 is 0 Å². The molecule has 3 rings (SSSR count). The number of hydrogen-bond acceptors (Lipinski definition) is 6. The van der Waals surface area contributed by atoms with Gasteiger partial charge in [0.2, 0.25) is 0 Å². The zero-order valence-electron chi connectivity index (χ0n) is 17.6. The van der Waals surface area contributed by atoms with E-state index in [0.717, 1.165) is 42.4 Å². The van der Waals surface area contributed by atoms with Gasteiger partial charge in [-0.05, 0) is 51.3 Å². The molecule has 29 heavy (non-hydrogen) atoms. The topological polar surface area (TPSA) is 70.4 Å². The molecule has 0 spiro atoms. The van der Waals surface area contributed by atoms with Crippen LogP contribution in [0, 0.1) is 0 Å². The lowest BCUT2D eigenvalue weighted by atomic mass is 10.3. The molecule has 8 heteroatoms. The van der Waals surface area contributed by atoms with Gasteiger partial charge in [0.1, 0.15) is 11.6 Å². The fourth-order valence-corrected chi connectivity index (χ4v) is 3.73. The normalized spacial score (nSPS) is 11.7. The highest BCUT2D eigenvalue weighted by Crippen LogP contribution is 2.19. The van der Waals surface area contributed by atoms with E-state index in [4.69, 9.17) is 4.98 Å². The van der Waals surface area contributed by atoms with Crippen LogP contribution in [-0.4, -0.2) is 57.8 Å². The van der Waals surface area contributed by atoms with E-state index in [-0.39, 0.29) is 0 Å². The first-order valence-electron chi connectivity index (χ1n) is 10.3. The molecule has 0 saturated carbocycles. The van der Waals surface area contributed by atoms with Gasteiger partial charge in [-0.2, -0.15) is 9.61 Å². The van der Waals surface area contributed by atoms with E-state index in [9.17, 15) is 0 Å². The molecule has 156 valence electrons. The van der Waals surface area contributed by atoms with Crippen LogP contribution in [0.25, 0.3) is 5.65 Å². The summed E-state index contributed by atoms with van der Waals surface area (Å²) >= 11 is 0. The zero-order chi connectivity index (χ0) is 20.5. The van der Waals surface area contributed by atoms with Crippen LogP contribution in [0.4, 0.5) is 11.6 Å². The molecule has 0 aliphatic rings. The van der Waals surface area contributed by atoms with Crippen molar-refractivity contribution in [3.05, 3.63) is 42.4 Å². The number of rotatable bonds is 12. The van der Waals surface area contributed by atoms with Gasteiger partial charge in [0.15, 0.2) is 5.65 Å². The summed E-state index contributed by atoms with van der Waals surface area (Å²) in [6.07, 6.45) is 9.18. The first-order chi connectivity index (χ1) is 14.2. The molecule has 0 aliphatic carbocycles. The fourth-order valence-electron chi connectivity index (χ4n) is 3.16. The minimum absolute atomic E-state index is 0.656. The van der Waals surface area contributed by atoms with Gasteiger partial charge < -0.3 is 15.5 Å². The fraction of sp³-hybridized carbons (Fsp3) is 0.476. The van der Waals surface area contributed by atoms with Gasteiger partial charge in [-0.3, -0.25) is 4.98 Å². The molecule has 0 radical (unpaired) electrons. The monoisotopic (exact) mass is 413 g/mol. The Morgan fingerprint density at radius 2 is 2.03 bits per heavy atom. The third-order valence-electron chi connectivity index (χ3n) is 4.85. The third-order valence-corrected chi connectivity index (χ3v) is 5.75. The highest BCUT2D eigenvalue weighted by atomic mass is 31.1. The molecule has 2 N–H and O–H groups in total. The highest BCUT2D eigenvalue weighted by Gasteiger charge is 2.11. The maximum Gasteiger partial charge on any atom is 0.167 e. The molecule has 3 aromatic heterocycles. The molecule has 0 aromatic carbocycles. The summed E-state index contributed by atoms with van der Waals surface area (Å²) in [6.45, 7) is 8.25. The summed E-state index contributed by atoms with van der Waals surface area (Å²) in [6, 6.07) is 6.06. The molecule has 3 aromatic rings. The highest BCUT2D eigenvalue weighted by molar-refractivity contribution is 7.46. The van der Waals surface area contributed by atoms with Crippen LogP contribution in [0.5, 0.6) is 0 Å². The summed E-state index contributed by atoms with van der Waals surface area (Å²) in [5.41, 5.74) is 2.05. The maximum absolute atomic E-state index is 4.82. The van der Waals surface area contributed by atoms with Crippen molar-refractivity contribution in [2.24, 2.45) is 0 Å². The predicted molar refractivity (Wildman–Crippen MR) is 124 cm³/mol. The Hall–Kier alpha value is -2.24. The number of unbranched alkanes of at least 4 members (excludes halogenated alkanes) is 1. The van der Waals surface area contributed by atoms with Gasteiger partial charge in [0.05, 0.1) is 6.20 Å². The van der Waals surface area contributed by atoms with Crippen molar-refractivity contribution < 1.29 is 0 Å². The van der Waals surface area contributed by atoms with Crippen LogP contribution in [0.1, 0.15) is 31.7 Å². The standard InChI is InChI=1S/C21H32N7P/c1-4-5-11-27(2)12-7-10-23-19-13-20(24-15-17-8-6-9-22-14-17)28-21(26-19)18(29-3)16-25-28/h6,8-9,13-14,16,24,29H,4-5,7,10-12,15H2,1-3H3,(H,23,26). The maximum atomic E-state index is 4.82. The van der Waals surface area contributed by atoms with E-state index in [0.29, 0.717) is 15.1 Å².